The van der Waals surface area contributed by atoms with Gasteiger partial charge in [0.25, 0.3) is 0 Å². The van der Waals surface area contributed by atoms with Crippen molar-refractivity contribution in [2.75, 3.05) is 24.6 Å². The van der Waals surface area contributed by atoms with E-state index < -0.39 is 10.0 Å². The number of rotatable bonds is 8. The highest BCUT2D eigenvalue weighted by atomic mass is 32.2. The van der Waals surface area contributed by atoms with Crippen LogP contribution in [-0.4, -0.2) is 28.3 Å². The minimum Gasteiger partial charge on any atom is -0.486 e. The topological polar surface area (TPSA) is 67.4 Å². The van der Waals surface area contributed by atoms with E-state index in [9.17, 15) is 8.42 Å². The molecule has 2 N–H and O–H groups in total. The summed E-state index contributed by atoms with van der Waals surface area (Å²) in [4.78, 5) is 0. The first-order chi connectivity index (χ1) is 11.0. The molecule has 0 amide bonds. The smallest absolute Gasteiger partial charge is 0.229 e. The number of ether oxygens (including phenoxy) is 1. The highest BCUT2D eigenvalue weighted by Gasteiger charge is 2.13. The van der Waals surface area contributed by atoms with Gasteiger partial charge < -0.3 is 10.1 Å². The fraction of sp³-hybridized carbons (Fsp3) is 0.294. The van der Waals surface area contributed by atoms with E-state index in [4.69, 9.17) is 4.74 Å². The number of hydrogen-bond donors (Lipinski definition) is 2. The van der Waals surface area contributed by atoms with E-state index in [1.54, 1.807) is 24.3 Å². The molecule has 2 rings (SSSR count). The summed E-state index contributed by atoms with van der Waals surface area (Å²) in [5.74, 6) is 0.703. The summed E-state index contributed by atoms with van der Waals surface area (Å²) in [6.07, 6.45) is 1.90. The summed E-state index contributed by atoms with van der Waals surface area (Å²) in [7, 11) is -1.36. The molecule has 1 atom stereocenters. The molecule has 0 saturated heterocycles. The maximum atomic E-state index is 11.2. The van der Waals surface area contributed by atoms with Gasteiger partial charge in [-0.05, 0) is 43.4 Å². The lowest BCUT2D eigenvalue weighted by Crippen LogP contribution is -2.16. The molecular weight excluding hydrogens is 312 g/mol. The van der Waals surface area contributed by atoms with Crippen LogP contribution in [0, 0.1) is 0 Å². The van der Waals surface area contributed by atoms with Gasteiger partial charge in [-0.25, -0.2) is 8.42 Å². The van der Waals surface area contributed by atoms with Crippen LogP contribution in [0.5, 0.6) is 5.75 Å². The first-order valence-electron chi connectivity index (χ1n) is 7.42. The van der Waals surface area contributed by atoms with E-state index in [2.05, 4.69) is 10.0 Å². The largest absolute Gasteiger partial charge is 0.486 e. The molecule has 0 spiro atoms. The lowest BCUT2D eigenvalue weighted by atomic mass is 10.1. The molecule has 0 heterocycles. The molecule has 0 aromatic heterocycles. The van der Waals surface area contributed by atoms with Crippen LogP contribution in [0.2, 0.25) is 0 Å². The molecule has 0 aliphatic rings. The first-order valence-corrected chi connectivity index (χ1v) is 9.31. The third-order valence-electron chi connectivity index (χ3n) is 3.26. The molecule has 0 aliphatic heterocycles. The number of benzene rings is 2. The van der Waals surface area contributed by atoms with Crippen molar-refractivity contribution in [3.8, 4) is 5.75 Å². The van der Waals surface area contributed by atoms with Crippen LogP contribution in [0.25, 0.3) is 0 Å². The predicted molar refractivity (Wildman–Crippen MR) is 93.3 cm³/mol. The summed E-state index contributed by atoms with van der Waals surface area (Å²) in [5.41, 5.74) is 1.63. The Morgan fingerprint density at radius 3 is 2.26 bits per heavy atom. The summed E-state index contributed by atoms with van der Waals surface area (Å²) in [6.45, 7) is 0.841. The van der Waals surface area contributed by atoms with Gasteiger partial charge in [-0.15, -0.1) is 0 Å². The second-order valence-electron chi connectivity index (χ2n) is 5.31. The summed E-state index contributed by atoms with van der Waals surface area (Å²) >= 11 is 0. The molecule has 0 saturated carbocycles. The summed E-state index contributed by atoms with van der Waals surface area (Å²) in [5, 5.41) is 3.13. The average Bonchev–Trinajstić information content (AvgIpc) is 2.52. The SMILES string of the molecule is CNCCC(Oc1ccc(NS(C)(=O)=O)cc1)c1ccccc1. The Hall–Kier alpha value is -2.05. The molecule has 2 aromatic carbocycles. The van der Waals surface area contributed by atoms with Gasteiger partial charge in [-0.1, -0.05) is 30.3 Å². The van der Waals surface area contributed by atoms with E-state index in [0.717, 1.165) is 24.8 Å². The minimum absolute atomic E-state index is 0.0580. The Bertz CT molecular complexity index is 700. The van der Waals surface area contributed by atoms with Gasteiger partial charge in [0.1, 0.15) is 11.9 Å². The molecule has 0 fully saturated rings. The summed E-state index contributed by atoms with van der Waals surface area (Å²) in [6, 6.07) is 17.0. The molecule has 0 radical (unpaired) electrons. The van der Waals surface area contributed by atoms with Crippen LogP contribution >= 0.6 is 0 Å². The molecule has 2 aromatic rings. The first kappa shape index (κ1) is 17.3. The number of sulfonamides is 1. The van der Waals surface area contributed by atoms with Gasteiger partial charge in [-0.2, -0.15) is 0 Å². The lowest BCUT2D eigenvalue weighted by Gasteiger charge is -2.20. The van der Waals surface area contributed by atoms with E-state index in [0.29, 0.717) is 11.4 Å². The van der Waals surface area contributed by atoms with E-state index in [1.807, 2.05) is 37.4 Å². The molecule has 0 bridgehead atoms. The normalized spacial score (nSPS) is 12.6. The zero-order chi connectivity index (χ0) is 16.7. The average molecular weight is 334 g/mol. The Labute approximate surface area is 137 Å². The van der Waals surface area contributed by atoms with Crippen LogP contribution < -0.4 is 14.8 Å². The van der Waals surface area contributed by atoms with Gasteiger partial charge in [-0.3, -0.25) is 4.72 Å². The van der Waals surface area contributed by atoms with Gasteiger partial charge in [0, 0.05) is 12.1 Å². The van der Waals surface area contributed by atoms with Crippen LogP contribution in [0.1, 0.15) is 18.1 Å². The standard InChI is InChI=1S/C17H22N2O3S/c1-18-13-12-17(14-6-4-3-5-7-14)22-16-10-8-15(9-11-16)19-23(2,20)21/h3-11,17-19H,12-13H2,1-2H3. The van der Waals surface area contributed by atoms with Crippen molar-refractivity contribution >= 4 is 15.7 Å². The van der Waals surface area contributed by atoms with Gasteiger partial charge in [0.2, 0.25) is 10.0 Å². The van der Waals surface area contributed by atoms with Crippen LogP contribution in [-0.2, 0) is 10.0 Å². The van der Waals surface area contributed by atoms with Crippen LogP contribution in [0.15, 0.2) is 54.6 Å². The van der Waals surface area contributed by atoms with Gasteiger partial charge in [0.15, 0.2) is 0 Å². The number of anilines is 1. The highest BCUT2D eigenvalue weighted by molar-refractivity contribution is 7.92. The highest BCUT2D eigenvalue weighted by Crippen LogP contribution is 2.25. The quantitative estimate of drug-likeness (QED) is 0.779. The maximum Gasteiger partial charge on any atom is 0.229 e. The number of nitrogens with one attached hydrogen (secondary N) is 2. The monoisotopic (exact) mass is 334 g/mol. The predicted octanol–water partition coefficient (Wildman–Crippen LogP) is 2.79. The van der Waals surface area contributed by atoms with Crippen LogP contribution in [0.3, 0.4) is 0 Å². The lowest BCUT2D eigenvalue weighted by molar-refractivity contribution is 0.195. The van der Waals surface area contributed by atoms with Crippen molar-refractivity contribution in [2.45, 2.75) is 12.5 Å². The fourth-order valence-corrected chi connectivity index (χ4v) is 2.78. The van der Waals surface area contributed by atoms with Gasteiger partial charge >= 0.3 is 0 Å². The second kappa shape index (κ2) is 7.99. The van der Waals surface area contributed by atoms with Crippen molar-refractivity contribution < 1.29 is 13.2 Å². The van der Waals surface area contributed by atoms with Gasteiger partial charge in [0.05, 0.1) is 6.26 Å². The van der Waals surface area contributed by atoms with Crippen molar-refractivity contribution in [1.82, 2.24) is 5.32 Å². The Morgan fingerprint density at radius 1 is 1.04 bits per heavy atom. The van der Waals surface area contributed by atoms with Crippen molar-refractivity contribution in [3.05, 3.63) is 60.2 Å². The Morgan fingerprint density at radius 2 is 1.70 bits per heavy atom. The third kappa shape index (κ3) is 5.92. The zero-order valence-electron chi connectivity index (χ0n) is 13.3. The Kier molecular flexibility index (Phi) is 6.01. The van der Waals surface area contributed by atoms with E-state index in [-0.39, 0.29) is 6.10 Å². The van der Waals surface area contributed by atoms with Crippen LogP contribution in [0.4, 0.5) is 5.69 Å². The van der Waals surface area contributed by atoms with E-state index >= 15 is 0 Å². The summed E-state index contributed by atoms with van der Waals surface area (Å²) < 4.78 is 30.9. The second-order valence-corrected chi connectivity index (χ2v) is 7.06. The zero-order valence-corrected chi connectivity index (χ0v) is 14.1. The molecular formula is C17H22N2O3S. The Balaban J connectivity index is 2.10. The molecule has 6 heteroatoms. The number of hydrogen-bond acceptors (Lipinski definition) is 4. The molecule has 0 aliphatic carbocycles. The molecule has 5 nitrogen and oxygen atoms in total. The fourth-order valence-electron chi connectivity index (χ4n) is 2.22. The minimum atomic E-state index is -3.27. The van der Waals surface area contributed by atoms with Crippen molar-refractivity contribution in [1.29, 1.82) is 0 Å². The van der Waals surface area contributed by atoms with Crippen molar-refractivity contribution in [2.24, 2.45) is 0 Å². The molecule has 23 heavy (non-hydrogen) atoms. The molecule has 124 valence electrons. The maximum absolute atomic E-state index is 11.2. The molecule has 1 unspecified atom stereocenters. The van der Waals surface area contributed by atoms with Crippen molar-refractivity contribution in [3.63, 3.8) is 0 Å². The third-order valence-corrected chi connectivity index (χ3v) is 3.87. The van der Waals surface area contributed by atoms with E-state index in [1.165, 1.54) is 0 Å².